The molecule has 1 fully saturated rings. The van der Waals surface area contributed by atoms with Gasteiger partial charge in [0.05, 0.1) is 24.7 Å². The standard InChI is InChI=1S/C22H27N3O5S2/c1-29-18-10-9-16(15-19(18)30-2)11-12-23-22(31)25-14-6-13-24(25)21(26)17-7-4-5-8-20(17)32(3,27)28/h4-5,7-10,15H,6,11-14H2,1-3H3,(H,23,31). The van der Waals surface area contributed by atoms with E-state index in [4.69, 9.17) is 21.7 Å². The molecule has 3 rings (SSSR count). The highest BCUT2D eigenvalue weighted by molar-refractivity contribution is 7.90. The predicted octanol–water partition coefficient (Wildman–Crippen LogP) is 2.29. The molecule has 1 heterocycles. The number of hydrogen-bond acceptors (Lipinski definition) is 6. The van der Waals surface area contributed by atoms with E-state index in [1.807, 2.05) is 18.2 Å². The van der Waals surface area contributed by atoms with Gasteiger partial charge >= 0.3 is 0 Å². The molecule has 0 aromatic heterocycles. The Morgan fingerprint density at radius 1 is 1.06 bits per heavy atom. The average Bonchev–Trinajstić information content (AvgIpc) is 3.28. The lowest BCUT2D eigenvalue weighted by Crippen LogP contribution is -2.49. The summed E-state index contributed by atoms with van der Waals surface area (Å²) in [7, 11) is -0.350. The first-order valence-electron chi connectivity index (χ1n) is 10.1. The highest BCUT2D eigenvalue weighted by Crippen LogP contribution is 2.27. The molecule has 0 atom stereocenters. The van der Waals surface area contributed by atoms with Crippen LogP contribution in [0.3, 0.4) is 0 Å². The number of carbonyl (C=O) groups excluding carboxylic acids is 1. The van der Waals surface area contributed by atoms with Crippen molar-refractivity contribution in [1.29, 1.82) is 0 Å². The minimum atomic E-state index is -3.54. The van der Waals surface area contributed by atoms with E-state index in [1.54, 1.807) is 31.4 Å². The maximum absolute atomic E-state index is 13.2. The van der Waals surface area contributed by atoms with Crippen LogP contribution in [0.25, 0.3) is 0 Å². The Bertz CT molecular complexity index is 1100. The molecule has 0 radical (unpaired) electrons. The van der Waals surface area contributed by atoms with Crippen molar-refractivity contribution in [3.05, 3.63) is 53.6 Å². The van der Waals surface area contributed by atoms with Gasteiger partial charge in [-0.05, 0) is 54.9 Å². The van der Waals surface area contributed by atoms with Crippen molar-refractivity contribution in [3.63, 3.8) is 0 Å². The number of thiocarbonyl (C=S) groups is 1. The number of ether oxygens (including phenoxy) is 2. The second kappa shape index (κ2) is 10.2. The third-order valence-electron chi connectivity index (χ3n) is 5.15. The Morgan fingerprint density at radius 2 is 1.75 bits per heavy atom. The van der Waals surface area contributed by atoms with Gasteiger partial charge in [-0.3, -0.25) is 9.80 Å². The van der Waals surface area contributed by atoms with Crippen LogP contribution in [0.2, 0.25) is 0 Å². The molecule has 1 amide bonds. The Labute approximate surface area is 194 Å². The summed E-state index contributed by atoms with van der Waals surface area (Å²) in [5, 5.41) is 6.83. The lowest BCUT2D eigenvalue weighted by atomic mass is 10.1. The molecule has 2 aromatic rings. The second-order valence-corrected chi connectivity index (χ2v) is 9.72. The Kier molecular flexibility index (Phi) is 7.57. The van der Waals surface area contributed by atoms with Gasteiger partial charge in [0, 0.05) is 25.9 Å². The van der Waals surface area contributed by atoms with Gasteiger partial charge < -0.3 is 14.8 Å². The van der Waals surface area contributed by atoms with Crippen molar-refractivity contribution in [3.8, 4) is 11.5 Å². The molecule has 0 spiro atoms. The summed E-state index contributed by atoms with van der Waals surface area (Å²) in [6, 6.07) is 12.0. The van der Waals surface area contributed by atoms with Crippen LogP contribution in [0.5, 0.6) is 11.5 Å². The van der Waals surface area contributed by atoms with Crippen molar-refractivity contribution in [2.75, 3.05) is 40.1 Å². The van der Waals surface area contributed by atoms with Crippen molar-refractivity contribution >= 4 is 33.1 Å². The van der Waals surface area contributed by atoms with Crippen molar-refractivity contribution in [2.24, 2.45) is 0 Å². The van der Waals surface area contributed by atoms with Crippen molar-refractivity contribution in [2.45, 2.75) is 17.7 Å². The van der Waals surface area contributed by atoms with Crippen LogP contribution in [-0.4, -0.2) is 69.6 Å². The maximum atomic E-state index is 13.2. The summed E-state index contributed by atoms with van der Waals surface area (Å²) < 4.78 is 34.8. The summed E-state index contributed by atoms with van der Waals surface area (Å²) in [5.41, 5.74) is 1.20. The number of rotatable bonds is 7. The zero-order chi connectivity index (χ0) is 23.3. The number of carbonyl (C=O) groups is 1. The number of sulfone groups is 1. The van der Waals surface area contributed by atoms with Gasteiger partial charge in [0.2, 0.25) is 0 Å². The van der Waals surface area contributed by atoms with E-state index in [-0.39, 0.29) is 16.4 Å². The van der Waals surface area contributed by atoms with E-state index in [0.717, 1.165) is 18.2 Å². The molecule has 172 valence electrons. The molecule has 0 bridgehead atoms. The second-order valence-electron chi connectivity index (χ2n) is 7.34. The van der Waals surface area contributed by atoms with Gasteiger partial charge in [-0.1, -0.05) is 18.2 Å². The van der Waals surface area contributed by atoms with E-state index in [2.05, 4.69) is 5.32 Å². The predicted molar refractivity (Wildman–Crippen MR) is 126 cm³/mol. The summed E-state index contributed by atoms with van der Waals surface area (Å²) in [5.74, 6) is 0.946. The molecular weight excluding hydrogens is 450 g/mol. The lowest BCUT2D eigenvalue weighted by molar-refractivity contribution is 0.0488. The highest BCUT2D eigenvalue weighted by Gasteiger charge is 2.31. The number of methoxy groups -OCH3 is 2. The Morgan fingerprint density at radius 3 is 2.44 bits per heavy atom. The van der Waals surface area contributed by atoms with Gasteiger partial charge in [-0.15, -0.1) is 0 Å². The van der Waals surface area contributed by atoms with Crippen molar-refractivity contribution < 1.29 is 22.7 Å². The molecule has 10 heteroatoms. The molecule has 32 heavy (non-hydrogen) atoms. The van der Waals surface area contributed by atoms with E-state index in [9.17, 15) is 13.2 Å². The molecular formula is C22H27N3O5S2. The molecule has 8 nitrogen and oxygen atoms in total. The van der Waals surface area contributed by atoms with Crippen LogP contribution in [0, 0.1) is 0 Å². The topological polar surface area (TPSA) is 88.2 Å². The third kappa shape index (κ3) is 5.31. The number of nitrogens with one attached hydrogen (secondary N) is 1. The zero-order valence-electron chi connectivity index (χ0n) is 18.3. The van der Waals surface area contributed by atoms with Gasteiger partial charge in [-0.2, -0.15) is 0 Å². The molecule has 1 N–H and O–H groups in total. The molecule has 1 aliphatic heterocycles. The van der Waals surface area contributed by atoms with E-state index in [1.165, 1.54) is 17.1 Å². The van der Waals surface area contributed by atoms with Gasteiger partial charge in [-0.25, -0.2) is 13.4 Å². The SMILES string of the molecule is COc1ccc(CCNC(=S)N2CCCN2C(=O)c2ccccc2S(C)(=O)=O)cc1OC. The number of nitrogens with zero attached hydrogens (tertiary/aromatic N) is 2. The van der Waals surface area contributed by atoms with E-state index in [0.29, 0.717) is 42.7 Å². The molecule has 2 aromatic carbocycles. The number of amides is 1. The molecule has 0 aliphatic carbocycles. The fourth-order valence-corrected chi connectivity index (χ4v) is 4.75. The summed E-state index contributed by atoms with van der Waals surface area (Å²) in [6.07, 6.45) is 2.53. The van der Waals surface area contributed by atoms with Crippen LogP contribution >= 0.6 is 12.2 Å². The largest absolute Gasteiger partial charge is 0.493 e. The fraction of sp³-hybridized carbons (Fsp3) is 0.364. The smallest absolute Gasteiger partial charge is 0.273 e. The van der Waals surface area contributed by atoms with Crippen LogP contribution in [0.15, 0.2) is 47.4 Å². The summed E-state index contributed by atoms with van der Waals surface area (Å²) in [4.78, 5) is 13.2. The Balaban J connectivity index is 1.66. The zero-order valence-corrected chi connectivity index (χ0v) is 20.0. The highest BCUT2D eigenvalue weighted by atomic mass is 32.2. The maximum Gasteiger partial charge on any atom is 0.273 e. The molecule has 1 saturated heterocycles. The van der Waals surface area contributed by atoms with Crippen LogP contribution < -0.4 is 14.8 Å². The number of hydrogen-bond donors (Lipinski definition) is 1. The van der Waals surface area contributed by atoms with E-state index < -0.39 is 9.84 Å². The van der Waals surface area contributed by atoms with Crippen LogP contribution in [0.4, 0.5) is 0 Å². The summed E-state index contributed by atoms with van der Waals surface area (Å²) >= 11 is 5.53. The average molecular weight is 478 g/mol. The number of hydrazine groups is 1. The third-order valence-corrected chi connectivity index (χ3v) is 6.66. The first kappa shape index (κ1) is 23.8. The molecule has 1 aliphatic rings. The minimum Gasteiger partial charge on any atom is -0.493 e. The normalized spacial score (nSPS) is 13.7. The van der Waals surface area contributed by atoms with Gasteiger partial charge in [0.15, 0.2) is 26.4 Å². The fourth-order valence-electron chi connectivity index (χ4n) is 3.58. The van der Waals surface area contributed by atoms with Gasteiger partial charge in [0.25, 0.3) is 5.91 Å². The quantitative estimate of drug-likeness (QED) is 0.608. The number of benzene rings is 2. The van der Waals surface area contributed by atoms with E-state index >= 15 is 0 Å². The van der Waals surface area contributed by atoms with Crippen molar-refractivity contribution in [1.82, 2.24) is 15.3 Å². The molecule has 0 saturated carbocycles. The first-order chi connectivity index (χ1) is 15.3. The summed E-state index contributed by atoms with van der Waals surface area (Å²) in [6.45, 7) is 1.61. The lowest BCUT2D eigenvalue weighted by Gasteiger charge is -2.30. The molecule has 0 unspecified atom stereocenters. The minimum absolute atomic E-state index is 0.0178. The first-order valence-corrected chi connectivity index (χ1v) is 12.4. The Hall–Kier alpha value is -2.85. The van der Waals surface area contributed by atoms with Crippen LogP contribution in [0.1, 0.15) is 22.3 Å². The van der Waals surface area contributed by atoms with Gasteiger partial charge in [0.1, 0.15) is 0 Å². The van der Waals surface area contributed by atoms with Crippen LogP contribution in [-0.2, 0) is 16.3 Å². The monoisotopic (exact) mass is 477 g/mol.